The maximum Gasteiger partial charge on any atom is 0.240 e. The molecular formula is C22H29N3O4S. The number of piperazine rings is 1. The number of aryl methyl sites for hydroxylation is 1. The zero-order chi connectivity index (χ0) is 21.0. The molecule has 2 aliphatic rings. The Balaban J connectivity index is 1.23. The molecule has 4 rings (SSSR count). The summed E-state index contributed by atoms with van der Waals surface area (Å²) in [6.07, 6.45) is 0.780. The summed E-state index contributed by atoms with van der Waals surface area (Å²) in [5.74, 6) is 1.67. The summed E-state index contributed by atoms with van der Waals surface area (Å²) in [5, 5.41) is 0. The lowest BCUT2D eigenvalue weighted by atomic mass is 10.2. The minimum absolute atomic E-state index is 0.327. The van der Waals surface area contributed by atoms with Gasteiger partial charge in [0, 0.05) is 32.7 Å². The molecule has 8 heteroatoms. The lowest BCUT2D eigenvalue weighted by Gasteiger charge is -2.37. The quantitative estimate of drug-likeness (QED) is 0.678. The molecule has 1 saturated heterocycles. The van der Waals surface area contributed by atoms with Crippen LogP contribution < -0.4 is 19.1 Å². The third-order valence-electron chi connectivity index (χ3n) is 5.50. The number of hydrogen-bond donors (Lipinski definition) is 1. The summed E-state index contributed by atoms with van der Waals surface area (Å²) >= 11 is 0. The van der Waals surface area contributed by atoms with Gasteiger partial charge in [-0.15, -0.1) is 0 Å². The average molecular weight is 432 g/mol. The van der Waals surface area contributed by atoms with Crippen LogP contribution in [0.15, 0.2) is 47.4 Å². The number of ether oxygens (including phenoxy) is 2. The third-order valence-corrected chi connectivity index (χ3v) is 6.96. The average Bonchev–Trinajstić information content (AvgIpc) is 2.77. The lowest BCUT2D eigenvalue weighted by molar-refractivity contribution is 0.171. The van der Waals surface area contributed by atoms with E-state index in [4.69, 9.17) is 9.47 Å². The molecule has 0 aromatic heterocycles. The van der Waals surface area contributed by atoms with Crippen molar-refractivity contribution < 1.29 is 17.9 Å². The first-order valence-electron chi connectivity index (χ1n) is 10.5. The SMILES string of the molecule is Cc1cccc(S(=O)(=O)NCCCN2CCN(c3cccc4c3OCCO4)CC2)c1. The Hall–Kier alpha value is -2.29. The predicted molar refractivity (Wildman–Crippen MR) is 117 cm³/mol. The van der Waals surface area contributed by atoms with Gasteiger partial charge in [0.25, 0.3) is 0 Å². The van der Waals surface area contributed by atoms with Crippen LogP contribution in [0, 0.1) is 6.92 Å². The molecule has 2 heterocycles. The Morgan fingerprint density at radius 2 is 1.77 bits per heavy atom. The number of nitrogens with zero attached hydrogens (tertiary/aromatic N) is 2. The second kappa shape index (κ2) is 9.24. The predicted octanol–water partition coefficient (Wildman–Crippen LogP) is 2.26. The zero-order valence-electron chi connectivity index (χ0n) is 17.3. The van der Waals surface area contributed by atoms with Crippen molar-refractivity contribution in [2.24, 2.45) is 0 Å². The van der Waals surface area contributed by atoms with Gasteiger partial charge in [-0.1, -0.05) is 18.2 Å². The van der Waals surface area contributed by atoms with Gasteiger partial charge < -0.3 is 14.4 Å². The van der Waals surface area contributed by atoms with E-state index in [0.717, 1.165) is 61.9 Å². The molecule has 7 nitrogen and oxygen atoms in total. The van der Waals surface area contributed by atoms with E-state index in [2.05, 4.69) is 20.6 Å². The monoisotopic (exact) mass is 431 g/mol. The number of sulfonamides is 1. The first-order chi connectivity index (χ1) is 14.5. The number of rotatable bonds is 7. The number of nitrogens with one attached hydrogen (secondary N) is 1. The van der Waals surface area contributed by atoms with Crippen LogP contribution >= 0.6 is 0 Å². The van der Waals surface area contributed by atoms with E-state index in [1.54, 1.807) is 18.2 Å². The van der Waals surface area contributed by atoms with Gasteiger partial charge in [-0.2, -0.15) is 0 Å². The molecule has 0 spiro atoms. The molecular weight excluding hydrogens is 402 g/mol. The van der Waals surface area contributed by atoms with Crippen LogP contribution in [0.1, 0.15) is 12.0 Å². The third kappa shape index (κ3) is 4.88. The normalized spacial score (nSPS) is 17.2. The summed E-state index contributed by atoms with van der Waals surface area (Å²) in [5.41, 5.74) is 2.03. The van der Waals surface area contributed by atoms with Crippen molar-refractivity contribution in [3.05, 3.63) is 48.0 Å². The molecule has 30 heavy (non-hydrogen) atoms. The van der Waals surface area contributed by atoms with E-state index in [9.17, 15) is 8.42 Å². The molecule has 1 N–H and O–H groups in total. The van der Waals surface area contributed by atoms with Crippen LogP contribution in [0.25, 0.3) is 0 Å². The summed E-state index contributed by atoms with van der Waals surface area (Å²) in [6, 6.07) is 13.0. The van der Waals surface area contributed by atoms with Crippen LogP contribution in [-0.4, -0.2) is 65.8 Å². The van der Waals surface area contributed by atoms with Gasteiger partial charge >= 0.3 is 0 Å². The minimum Gasteiger partial charge on any atom is -0.486 e. The van der Waals surface area contributed by atoms with Crippen molar-refractivity contribution in [3.63, 3.8) is 0 Å². The van der Waals surface area contributed by atoms with E-state index in [1.807, 2.05) is 25.1 Å². The van der Waals surface area contributed by atoms with E-state index < -0.39 is 10.0 Å². The highest BCUT2D eigenvalue weighted by Crippen LogP contribution is 2.39. The van der Waals surface area contributed by atoms with Crippen LogP contribution in [-0.2, 0) is 10.0 Å². The van der Waals surface area contributed by atoms with Crippen molar-refractivity contribution in [1.82, 2.24) is 9.62 Å². The molecule has 2 aromatic rings. The first-order valence-corrected chi connectivity index (χ1v) is 11.9. The standard InChI is InChI=1S/C22H29N3O4S/c1-18-5-2-6-19(17-18)30(26,27)23-9-4-10-24-11-13-25(14-12-24)20-7-3-8-21-22(20)29-16-15-28-21/h2-3,5-8,17,23H,4,9-16H2,1H3. The molecule has 0 amide bonds. The minimum atomic E-state index is -3.44. The van der Waals surface area contributed by atoms with Gasteiger partial charge in [0.05, 0.1) is 10.6 Å². The Bertz CT molecular complexity index is 972. The summed E-state index contributed by atoms with van der Waals surface area (Å²) in [7, 11) is -3.44. The van der Waals surface area contributed by atoms with E-state index in [1.165, 1.54) is 0 Å². The van der Waals surface area contributed by atoms with Crippen molar-refractivity contribution in [2.45, 2.75) is 18.2 Å². The van der Waals surface area contributed by atoms with Gasteiger partial charge in [0.1, 0.15) is 13.2 Å². The van der Waals surface area contributed by atoms with Gasteiger partial charge in [0.15, 0.2) is 11.5 Å². The smallest absolute Gasteiger partial charge is 0.240 e. The van der Waals surface area contributed by atoms with Crippen LogP contribution in [0.2, 0.25) is 0 Å². The molecule has 0 bridgehead atoms. The topological polar surface area (TPSA) is 71.1 Å². The van der Waals surface area contributed by atoms with Crippen LogP contribution in [0.5, 0.6) is 11.5 Å². The molecule has 1 fully saturated rings. The highest BCUT2D eigenvalue weighted by atomic mass is 32.2. The second-order valence-electron chi connectivity index (χ2n) is 7.70. The molecule has 0 aliphatic carbocycles. The van der Waals surface area contributed by atoms with Crippen LogP contribution in [0.4, 0.5) is 5.69 Å². The van der Waals surface area contributed by atoms with E-state index in [-0.39, 0.29) is 0 Å². The molecule has 2 aromatic carbocycles. The Kier molecular flexibility index (Phi) is 6.46. The summed E-state index contributed by atoms with van der Waals surface area (Å²) in [6.45, 7) is 8.09. The summed E-state index contributed by atoms with van der Waals surface area (Å²) < 4.78 is 39.0. The molecule has 0 atom stereocenters. The molecule has 0 radical (unpaired) electrons. The number of anilines is 1. The van der Waals surface area contributed by atoms with E-state index >= 15 is 0 Å². The fraction of sp³-hybridized carbons (Fsp3) is 0.455. The lowest BCUT2D eigenvalue weighted by Crippen LogP contribution is -2.47. The van der Waals surface area contributed by atoms with Crippen molar-refractivity contribution in [2.75, 3.05) is 57.4 Å². The number of fused-ring (bicyclic) bond motifs is 1. The highest BCUT2D eigenvalue weighted by Gasteiger charge is 2.23. The first kappa shape index (κ1) is 21.0. The van der Waals surface area contributed by atoms with Crippen molar-refractivity contribution in [3.8, 4) is 11.5 Å². The Morgan fingerprint density at radius 3 is 2.57 bits per heavy atom. The van der Waals surface area contributed by atoms with Crippen molar-refractivity contribution >= 4 is 15.7 Å². The largest absolute Gasteiger partial charge is 0.486 e. The Labute approximate surface area is 178 Å². The van der Waals surface area contributed by atoms with Gasteiger partial charge in [-0.05, 0) is 49.7 Å². The Morgan fingerprint density at radius 1 is 1.00 bits per heavy atom. The van der Waals surface area contributed by atoms with Gasteiger partial charge in [-0.25, -0.2) is 13.1 Å². The summed E-state index contributed by atoms with van der Waals surface area (Å²) in [4.78, 5) is 5.04. The fourth-order valence-corrected chi connectivity index (χ4v) is 5.07. The van der Waals surface area contributed by atoms with Crippen molar-refractivity contribution in [1.29, 1.82) is 0 Å². The maximum atomic E-state index is 12.4. The molecule has 0 unspecified atom stereocenters. The molecule has 162 valence electrons. The van der Waals surface area contributed by atoms with Gasteiger partial charge in [-0.3, -0.25) is 4.90 Å². The van der Waals surface area contributed by atoms with E-state index in [0.29, 0.717) is 24.7 Å². The second-order valence-corrected chi connectivity index (χ2v) is 9.46. The fourth-order valence-electron chi connectivity index (χ4n) is 3.89. The number of hydrogen-bond acceptors (Lipinski definition) is 6. The zero-order valence-corrected chi connectivity index (χ0v) is 18.2. The number of para-hydroxylation sites is 1. The highest BCUT2D eigenvalue weighted by molar-refractivity contribution is 7.89. The maximum absolute atomic E-state index is 12.4. The van der Waals surface area contributed by atoms with Crippen LogP contribution in [0.3, 0.4) is 0 Å². The molecule has 2 aliphatic heterocycles. The molecule has 0 saturated carbocycles. The van der Waals surface area contributed by atoms with Gasteiger partial charge in [0.2, 0.25) is 10.0 Å². The number of benzene rings is 2.